The third-order valence-electron chi connectivity index (χ3n) is 6.21. The van der Waals surface area contributed by atoms with Crippen LogP contribution in [0, 0.1) is 0 Å². The van der Waals surface area contributed by atoms with E-state index in [1.54, 1.807) is 0 Å². The molecule has 0 amide bonds. The maximum atomic E-state index is 2.64. The van der Waals surface area contributed by atoms with Crippen molar-refractivity contribution in [1.29, 1.82) is 0 Å². The largest absolute Gasteiger partial charge is 0.261 e. The van der Waals surface area contributed by atoms with Gasteiger partial charge in [-0.15, -0.1) is 0 Å². The summed E-state index contributed by atoms with van der Waals surface area (Å²) in [4.78, 5) is 0. The second-order valence-corrected chi connectivity index (χ2v) is 8.57. The van der Waals surface area contributed by atoms with Gasteiger partial charge >= 0.3 is 0 Å². The molecule has 2 aromatic carbocycles. The number of aromatic nitrogens is 2. The summed E-state index contributed by atoms with van der Waals surface area (Å²) in [6, 6.07) is 21.9. The number of unbranched alkanes of at least 4 members (excludes halogenated alkanes) is 4. The molecule has 3 aromatic rings. The van der Waals surface area contributed by atoms with Gasteiger partial charge in [0.1, 0.15) is 11.9 Å². The molecule has 1 heterocycles. The van der Waals surface area contributed by atoms with Gasteiger partial charge in [-0.05, 0) is 36.8 Å². The average molecular weight is 404 g/mol. The molecule has 0 spiro atoms. The normalized spacial score (nSPS) is 12.2. The van der Waals surface area contributed by atoms with E-state index >= 15 is 0 Å². The molecule has 30 heavy (non-hydrogen) atoms. The molecule has 2 nitrogen and oxygen atoms in total. The molecule has 0 radical (unpaired) electrons. The van der Waals surface area contributed by atoms with Crippen LogP contribution in [0.5, 0.6) is 0 Å². The van der Waals surface area contributed by atoms with Crippen LogP contribution in [-0.4, -0.2) is 4.57 Å². The minimum Gasteiger partial charge on any atom is -0.234 e. The minimum atomic E-state index is 0.523. The Kier molecular flexibility index (Phi) is 8.74. The zero-order valence-corrected chi connectivity index (χ0v) is 19.2. The van der Waals surface area contributed by atoms with Crippen LogP contribution in [0.3, 0.4) is 0 Å². The van der Waals surface area contributed by atoms with Gasteiger partial charge in [-0.1, -0.05) is 93.8 Å². The van der Waals surface area contributed by atoms with Crippen molar-refractivity contribution in [3.8, 4) is 0 Å². The lowest BCUT2D eigenvalue weighted by Gasteiger charge is -2.12. The SMILES string of the molecule is CCCCCCCn1c(CC(C)c2ccccc2)c[n+](CC)c1Cc1ccccc1. The summed E-state index contributed by atoms with van der Waals surface area (Å²) in [5.41, 5.74) is 4.31. The number of imidazole rings is 1. The van der Waals surface area contributed by atoms with Gasteiger partial charge in [0.05, 0.1) is 19.5 Å². The van der Waals surface area contributed by atoms with Gasteiger partial charge in [0.2, 0.25) is 0 Å². The molecule has 0 aliphatic rings. The summed E-state index contributed by atoms with van der Waals surface area (Å²) in [6.45, 7) is 9.08. The van der Waals surface area contributed by atoms with Gasteiger partial charge in [0, 0.05) is 6.42 Å². The van der Waals surface area contributed by atoms with Gasteiger partial charge in [-0.3, -0.25) is 0 Å². The Hall–Kier alpha value is -2.35. The van der Waals surface area contributed by atoms with E-state index in [-0.39, 0.29) is 0 Å². The van der Waals surface area contributed by atoms with E-state index in [2.05, 4.69) is 96.8 Å². The lowest BCUT2D eigenvalue weighted by atomic mass is 9.96. The molecule has 160 valence electrons. The molecule has 0 bridgehead atoms. The summed E-state index contributed by atoms with van der Waals surface area (Å²) in [7, 11) is 0. The zero-order chi connectivity index (χ0) is 21.2. The van der Waals surface area contributed by atoms with Crippen LogP contribution in [-0.2, 0) is 25.9 Å². The zero-order valence-electron chi connectivity index (χ0n) is 19.2. The quantitative estimate of drug-likeness (QED) is 0.235. The number of hydrogen-bond acceptors (Lipinski definition) is 0. The molecular formula is C28H39N2+. The van der Waals surface area contributed by atoms with Crippen LogP contribution in [0.25, 0.3) is 0 Å². The standard InChI is InChI=1S/C28H39N2/c1-4-6-7-8-15-20-30-27(21-24(3)26-18-13-10-14-19-26)23-29(5-2)28(30)22-25-16-11-9-12-17-25/h9-14,16-19,23-24H,4-8,15,20-22H2,1-3H3/q+1. The molecule has 2 heteroatoms. The van der Waals surface area contributed by atoms with E-state index in [4.69, 9.17) is 0 Å². The van der Waals surface area contributed by atoms with Crippen molar-refractivity contribution in [1.82, 2.24) is 4.57 Å². The Morgan fingerprint density at radius 3 is 2.17 bits per heavy atom. The van der Waals surface area contributed by atoms with E-state index in [0.29, 0.717) is 5.92 Å². The van der Waals surface area contributed by atoms with Crippen LogP contribution >= 0.6 is 0 Å². The average Bonchev–Trinajstić information content (AvgIpc) is 3.11. The number of rotatable bonds is 12. The number of hydrogen-bond donors (Lipinski definition) is 0. The molecule has 1 unspecified atom stereocenters. The van der Waals surface area contributed by atoms with Crippen LogP contribution in [0.15, 0.2) is 66.9 Å². The molecule has 3 rings (SSSR count). The van der Waals surface area contributed by atoms with Crippen molar-refractivity contribution in [3.05, 3.63) is 89.5 Å². The Balaban J connectivity index is 1.85. The highest BCUT2D eigenvalue weighted by molar-refractivity contribution is 5.22. The van der Waals surface area contributed by atoms with Crippen molar-refractivity contribution < 1.29 is 4.57 Å². The minimum absolute atomic E-state index is 0.523. The Morgan fingerprint density at radius 1 is 0.833 bits per heavy atom. The van der Waals surface area contributed by atoms with Crippen molar-refractivity contribution in [2.24, 2.45) is 0 Å². The number of benzene rings is 2. The smallest absolute Gasteiger partial charge is 0.234 e. The van der Waals surface area contributed by atoms with Crippen molar-refractivity contribution >= 4 is 0 Å². The van der Waals surface area contributed by atoms with Gasteiger partial charge in [-0.2, -0.15) is 0 Å². The molecule has 0 aliphatic heterocycles. The van der Waals surface area contributed by atoms with Gasteiger partial charge in [0.25, 0.3) is 5.82 Å². The third-order valence-corrected chi connectivity index (χ3v) is 6.21. The monoisotopic (exact) mass is 403 g/mol. The first-order valence-corrected chi connectivity index (χ1v) is 11.9. The fourth-order valence-electron chi connectivity index (χ4n) is 4.42. The fourth-order valence-corrected chi connectivity index (χ4v) is 4.42. The molecule has 1 atom stereocenters. The molecule has 0 saturated heterocycles. The first kappa shape index (κ1) is 22.3. The summed E-state index contributed by atoms with van der Waals surface area (Å²) in [5, 5.41) is 0. The topological polar surface area (TPSA) is 8.81 Å². The van der Waals surface area contributed by atoms with Crippen LogP contribution in [0.4, 0.5) is 0 Å². The van der Waals surface area contributed by atoms with Gasteiger partial charge in [-0.25, -0.2) is 9.13 Å². The second-order valence-electron chi connectivity index (χ2n) is 8.57. The summed E-state index contributed by atoms with van der Waals surface area (Å²) < 4.78 is 5.12. The van der Waals surface area contributed by atoms with Crippen molar-refractivity contribution in [2.75, 3.05) is 0 Å². The van der Waals surface area contributed by atoms with E-state index in [9.17, 15) is 0 Å². The highest BCUT2D eigenvalue weighted by Gasteiger charge is 2.24. The highest BCUT2D eigenvalue weighted by Crippen LogP contribution is 2.22. The van der Waals surface area contributed by atoms with Crippen LogP contribution in [0.2, 0.25) is 0 Å². The van der Waals surface area contributed by atoms with Crippen LogP contribution in [0.1, 0.15) is 81.4 Å². The fraction of sp³-hybridized carbons (Fsp3) is 0.464. The van der Waals surface area contributed by atoms with Crippen molar-refractivity contribution in [2.45, 2.75) is 84.7 Å². The first-order chi connectivity index (χ1) is 14.7. The lowest BCUT2D eigenvalue weighted by molar-refractivity contribution is -0.700. The lowest BCUT2D eigenvalue weighted by Crippen LogP contribution is -2.36. The first-order valence-electron chi connectivity index (χ1n) is 11.9. The summed E-state index contributed by atoms with van der Waals surface area (Å²) >= 11 is 0. The maximum absolute atomic E-state index is 2.64. The summed E-state index contributed by atoms with van der Waals surface area (Å²) in [6.07, 6.45) is 11.1. The number of aryl methyl sites for hydroxylation is 1. The van der Waals surface area contributed by atoms with E-state index in [1.807, 2.05) is 0 Å². The Bertz CT molecular complexity index is 864. The second kappa shape index (κ2) is 11.7. The molecule has 0 fully saturated rings. The van der Waals surface area contributed by atoms with Gasteiger partial charge < -0.3 is 0 Å². The third kappa shape index (κ3) is 6.08. The molecule has 1 aromatic heterocycles. The highest BCUT2D eigenvalue weighted by atomic mass is 15.2. The maximum Gasteiger partial charge on any atom is 0.261 e. The predicted octanol–water partition coefficient (Wildman–Crippen LogP) is 6.70. The Morgan fingerprint density at radius 2 is 1.50 bits per heavy atom. The van der Waals surface area contributed by atoms with Gasteiger partial charge in [0.15, 0.2) is 0 Å². The van der Waals surface area contributed by atoms with Crippen LogP contribution < -0.4 is 4.57 Å². The molecule has 0 aliphatic carbocycles. The van der Waals surface area contributed by atoms with E-state index in [0.717, 1.165) is 25.9 Å². The summed E-state index contributed by atoms with van der Waals surface area (Å²) in [5.74, 6) is 1.98. The van der Waals surface area contributed by atoms with E-state index < -0.39 is 0 Å². The molecular weight excluding hydrogens is 364 g/mol. The predicted molar refractivity (Wildman–Crippen MR) is 127 cm³/mol. The van der Waals surface area contributed by atoms with Crippen molar-refractivity contribution in [3.63, 3.8) is 0 Å². The Labute approximate surface area is 183 Å². The molecule has 0 N–H and O–H groups in total. The molecule has 0 saturated carbocycles. The number of nitrogens with zero attached hydrogens (tertiary/aromatic N) is 2. The van der Waals surface area contributed by atoms with E-state index in [1.165, 1.54) is 54.7 Å².